The van der Waals surface area contributed by atoms with Crippen molar-refractivity contribution in [3.05, 3.63) is 114 Å². The van der Waals surface area contributed by atoms with Crippen LogP contribution in [0.2, 0.25) is 0 Å². The number of methoxy groups -OCH3 is 1. The van der Waals surface area contributed by atoms with Crippen molar-refractivity contribution in [2.45, 2.75) is 17.9 Å². The van der Waals surface area contributed by atoms with E-state index in [1.165, 1.54) is 27.8 Å². The van der Waals surface area contributed by atoms with Gasteiger partial charge < -0.3 is 4.74 Å². The van der Waals surface area contributed by atoms with Gasteiger partial charge in [0.2, 0.25) is 0 Å². The van der Waals surface area contributed by atoms with Crippen molar-refractivity contribution >= 4 is 48.3 Å². The van der Waals surface area contributed by atoms with Crippen LogP contribution < -0.4 is 13.9 Å². The first-order chi connectivity index (χ1) is 18.9. The van der Waals surface area contributed by atoms with Crippen molar-refractivity contribution in [2.24, 2.45) is 0 Å². The number of hydrogen-bond acceptors (Lipinski definition) is 6. The zero-order chi connectivity index (χ0) is 27.0. The van der Waals surface area contributed by atoms with Crippen molar-refractivity contribution in [3.8, 4) is 5.75 Å². The third kappa shape index (κ3) is 4.75. The Bertz CT molecular complexity index is 1770. The van der Waals surface area contributed by atoms with Crippen LogP contribution in [0.5, 0.6) is 5.75 Å². The van der Waals surface area contributed by atoms with Crippen LogP contribution in [0.1, 0.15) is 21.5 Å². The number of carbonyl (C=O) groups excluding carboxylic acids is 1. The predicted octanol–water partition coefficient (Wildman–Crippen LogP) is 5.90. The van der Waals surface area contributed by atoms with Gasteiger partial charge in [0.25, 0.3) is 15.9 Å². The maximum Gasteiger partial charge on any atom is 0.264 e. The van der Waals surface area contributed by atoms with Crippen LogP contribution in [0.3, 0.4) is 0 Å². The van der Waals surface area contributed by atoms with Crippen LogP contribution >= 0.6 is 11.3 Å². The zero-order valence-corrected chi connectivity index (χ0v) is 22.8. The van der Waals surface area contributed by atoms with Gasteiger partial charge in [0, 0.05) is 12.1 Å². The highest BCUT2D eigenvalue weighted by molar-refractivity contribution is 7.92. The van der Waals surface area contributed by atoms with Gasteiger partial charge in [0.15, 0.2) is 5.13 Å². The van der Waals surface area contributed by atoms with Gasteiger partial charge in [-0.15, -0.1) is 0 Å². The third-order valence-electron chi connectivity index (χ3n) is 6.78. The van der Waals surface area contributed by atoms with Gasteiger partial charge in [0.05, 0.1) is 34.5 Å². The molecule has 0 saturated heterocycles. The lowest BCUT2D eigenvalue weighted by molar-refractivity contribution is 0.0985. The number of thiazole rings is 1. The fourth-order valence-electron chi connectivity index (χ4n) is 4.74. The number of para-hydroxylation sites is 1. The minimum atomic E-state index is -3.75. The zero-order valence-electron chi connectivity index (χ0n) is 21.2. The molecule has 1 aliphatic rings. The molecule has 2 heterocycles. The third-order valence-corrected chi connectivity index (χ3v) is 9.65. The Hall–Kier alpha value is -4.21. The van der Waals surface area contributed by atoms with E-state index in [2.05, 4.69) is 0 Å². The number of benzene rings is 4. The minimum absolute atomic E-state index is 0.150. The van der Waals surface area contributed by atoms with E-state index >= 15 is 0 Å². The summed E-state index contributed by atoms with van der Waals surface area (Å²) in [6, 6.07) is 29.0. The summed E-state index contributed by atoms with van der Waals surface area (Å²) < 4.78 is 34.6. The van der Waals surface area contributed by atoms with Crippen LogP contribution in [-0.4, -0.2) is 33.0 Å². The normalized spacial score (nSPS) is 12.9. The maximum atomic E-state index is 13.8. The maximum absolute atomic E-state index is 13.8. The summed E-state index contributed by atoms with van der Waals surface area (Å²) in [5, 5.41) is 0.553. The second-order valence-corrected chi connectivity index (χ2v) is 12.1. The van der Waals surface area contributed by atoms with Crippen LogP contribution in [0.15, 0.2) is 102 Å². The molecular weight excluding hydrogens is 530 g/mol. The summed E-state index contributed by atoms with van der Waals surface area (Å²) in [5.41, 5.74) is 3.82. The molecule has 0 N–H and O–H groups in total. The Kier molecular flexibility index (Phi) is 6.54. The Labute approximate surface area is 231 Å². The Morgan fingerprint density at radius 3 is 2.49 bits per heavy atom. The molecule has 9 heteroatoms. The quantitative estimate of drug-likeness (QED) is 0.250. The summed E-state index contributed by atoms with van der Waals surface area (Å²) in [6.45, 7) is 0.719. The molecular formula is C30H25N3O4S2. The van der Waals surface area contributed by atoms with Crippen molar-refractivity contribution in [1.29, 1.82) is 0 Å². The number of carbonyl (C=O) groups is 1. The molecule has 0 spiro atoms. The van der Waals surface area contributed by atoms with E-state index < -0.39 is 10.0 Å². The fourth-order valence-corrected chi connectivity index (χ4v) is 7.23. The number of nitrogens with zero attached hydrogens (tertiary/aromatic N) is 3. The molecule has 196 valence electrons. The van der Waals surface area contributed by atoms with Crippen LogP contribution in [0.25, 0.3) is 10.2 Å². The lowest BCUT2D eigenvalue weighted by Gasteiger charge is -2.21. The Morgan fingerprint density at radius 1 is 0.974 bits per heavy atom. The van der Waals surface area contributed by atoms with Crippen molar-refractivity contribution in [2.75, 3.05) is 22.9 Å². The van der Waals surface area contributed by atoms with E-state index in [0.29, 0.717) is 35.9 Å². The average molecular weight is 556 g/mol. The number of rotatable bonds is 7. The van der Waals surface area contributed by atoms with Crippen molar-refractivity contribution in [1.82, 2.24) is 4.98 Å². The van der Waals surface area contributed by atoms with Gasteiger partial charge in [-0.3, -0.25) is 14.0 Å². The summed E-state index contributed by atoms with van der Waals surface area (Å²) >= 11 is 1.41. The van der Waals surface area contributed by atoms with Gasteiger partial charge in [-0.2, -0.15) is 0 Å². The molecule has 6 rings (SSSR count). The molecule has 7 nitrogen and oxygen atoms in total. The lowest BCUT2D eigenvalue weighted by atomic mass is 10.1. The van der Waals surface area contributed by atoms with Gasteiger partial charge in [0.1, 0.15) is 5.75 Å². The number of amides is 1. The first-order valence-electron chi connectivity index (χ1n) is 12.4. The highest BCUT2D eigenvalue weighted by atomic mass is 32.2. The van der Waals surface area contributed by atoms with E-state index in [4.69, 9.17) is 9.72 Å². The molecule has 1 aromatic heterocycles. The van der Waals surface area contributed by atoms with E-state index in [1.54, 1.807) is 24.1 Å². The second-order valence-electron chi connectivity index (χ2n) is 9.19. The number of sulfonamides is 1. The number of aromatic nitrogens is 1. The first kappa shape index (κ1) is 25.1. The minimum Gasteiger partial charge on any atom is -0.497 e. The molecule has 0 aliphatic carbocycles. The van der Waals surface area contributed by atoms with Crippen molar-refractivity contribution in [3.63, 3.8) is 0 Å². The van der Waals surface area contributed by atoms with E-state index in [1.807, 2.05) is 72.8 Å². The smallest absolute Gasteiger partial charge is 0.264 e. The molecule has 4 aromatic carbocycles. The van der Waals surface area contributed by atoms with Crippen molar-refractivity contribution < 1.29 is 17.9 Å². The molecule has 39 heavy (non-hydrogen) atoms. The molecule has 0 radical (unpaired) electrons. The highest BCUT2D eigenvalue weighted by Crippen LogP contribution is 2.34. The first-order valence-corrected chi connectivity index (χ1v) is 14.7. The molecule has 0 atom stereocenters. The topological polar surface area (TPSA) is 79.8 Å². The largest absolute Gasteiger partial charge is 0.497 e. The lowest BCUT2D eigenvalue weighted by Crippen LogP contribution is -2.31. The van der Waals surface area contributed by atoms with Gasteiger partial charge in [-0.25, -0.2) is 13.4 Å². The Balaban J connectivity index is 1.32. The van der Waals surface area contributed by atoms with Crippen LogP contribution in [0, 0.1) is 0 Å². The molecule has 1 amide bonds. The monoisotopic (exact) mass is 555 g/mol. The van der Waals surface area contributed by atoms with E-state index in [-0.39, 0.29) is 10.8 Å². The fraction of sp³-hybridized carbons (Fsp3) is 0.133. The summed E-state index contributed by atoms with van der Waals surface area (Å²) in [6.07, 6.45) is 0.675. The van der Waals surface area contributed by atoms with Gasteiger partial charge in [-0.05, 0) is 66.1 Å². The molecule has 0 fully saturated rings. The SMILES string of the molecule is COc1ccc2nc(N(Cc3ccccc3)C(=O)c3ccc(S(=O)(=O)N4CCc5ccccc54)cc3)sc2c1. The summed E-state index contributed by atoms with van der Waals surface area (Å²) in [7, 11) is -2.14. The molecule has 1 aliphatic heterocycles. The number of fused-ring (bicyclic) bond motifs is 2. The predicted molar refractivity (Wildman–Crippen MR) is 154 cm³/mol. The van der Waals surface area contributed by atoms with E-state index in [0.717, 1.165) is 27.1 Å². The van der Waals surface area contributed by atoms with E-state index in [9.17, 15) is 13.2 Å². The summed E-state index contributed by atoms with van der Waals surface area (Å²) in [5.74, 6) is 0.455. The van der Waals surface area contributed by atoms with Gasteiger partial charge >= 0.3 is 0 Å². The second kappa shape index (κ2) is 10.2. The van der Waals surface area contributed by atoms with Crippen LogP contribution in [-0.2, 0) is 23.0 Å². The average Bonchev–Trinajstić information content (AvgIpc) is 3.60. The van der Waals surface area contributed by atoms with Crippen LogP contribution in [0.4, 0.5) is 10.8 Å². The molecule has 0 unspecified atom stereocenters. The molecule has 5 aromatic rings. The number of hydrogen-bond donors (Lipinski definition) is 0. The Morgan fingerprint density at radius 2 is 1.72 bits per heavy atom. The standard InChI is InChI=1S/C30H25N3O4S2/c1-37-24-13-16-26-28(19-24)38-30(31-26)32(20-21-7-3-2-4-8-21)29(34)23-11-14-25(15-12-23)39(35,36)33-18-17-22-9-5-6-10-27(22)33/h2-16,19H,17-18,20H2,1H3. The summed E-state index contributed by atoms with van der Waals surface area (Å²) in [4.78, 5) is 20.3. The molecule has 0 saturated carbocycles. The highest BCUT2D eigenvalue weighted by Gasteiger charge is 2.31. The number of ether oxygens (including phenoxy) is 1. The molecule has 0 bridgehead atoms. The number of anilines is 2. The van der Waals surface area contributed by atoms with Gasteiger partial charge in [-0.1, -0.05) is 59.9 Å².